The monoisotopic (exact) mass is 439 g/mol. The van der Waals surface area contributed by atoms with Gasteiger partial charge in [-0.25, -0.2) is 14.5 Å². The maximum atomic E-state index is 13.4. The van der Waals surface area contributed by atoms with Crippen molar-refractivity contribution in [1.82, 2.24) is 24.3 Å². The molecule has 0 atom stereocenters. The molecule has 0 radical (unpaired) electrons. The first-order valence-corrected chi connectivity index (χ1v) is 10.8. The smallest absolute Gasteiger partial charge is 0.330 e. The van der Waals surface area contributed by atoms with E-state index in [0.717, 1.165) is 24.8 Å². The molecule has 10 nitrogen and oxygen atoms in total. The van der Waals surface area contributed by atoms with Crippen LogP contribution in [0.5, 0.6) is 0 Å². The van der Waals surface area contributed by atoms with Crippen LogP contribution in [0.2, 0.25) is 0 Å². The molecule has 32 heavy (non-hydrogen) atoms. The standard InChI is InChI=1S/C22H29N7O3/c1-3-5-11-28(18-19(23)29(12-6-4-2)22(32)26-20(18)30)21(31)17-9-7-16(8-10-17)13-27-15-24-14-25-27/h7-10,14-15H,3-6,11-13,23H2,1-2H3,(H,26,30,32). The normalized spacial score (nSPS) is 10.9. The molecule has 1 amide bonds. The van der Waals surface area contributed by atoms with E-state index >= 15 is 0 Å². The quantitative estimate of drug-likeness (QED) is 0.497. The Morgan fingerprint density at radius 3 is 2.47 bits per heavy atom. The highest BCUT2D eigenvalue weighted by molar-refractivity contribution is 6.07. The molecule has 0 saturated carbocycles. The summed E-state index contributed by atoms with van der Waals surface area (Å²) in [5.74, 6) is -0.330. The summed E-state index contributed by atoms with van der Waals surface area (Å²) in [6.07, 6.45) is 6.18. The number of rotatable bonds is 10. The van der Waals surface area contributed by atoms with Crippen LogP contribution in [0.1, 0.15) is 55.5 Å². The molecule has 3 rings (SSSR count). The highest BCUT2D eigenvalue weighted by Crippen LogP contribution is 2.21. The lowest BCUT2D eigenvalue weighted by Crippen LogP contribution is -2.41. The third-order valence-corrected chi connectivity index (χ3v) is 5.21. The number of carbonyl (C=O) groups excluding carboxylic acids is 1. The van der Waals surface area contributed by atoms with Gasteiger partial charge in [0.05, 0.1) is 6.54 Å². The van der Waals surface area contributed by atoms with E-state index in [1.54, 1.807) is 23.1 Å². The first kappa shape index (κ1) is 23.0. The third kappa shape index (κ3) is 5.13. The number of hydrogen-bond donors (Lipinski definition) is 2. The van der Waals surface area contributed by atoms with Crippen molar-refractivity contribution in [2.75, 3.05) is 17.2 Å². The summed E-state index contributed by atoms with van der Waals surface area (Å²) in [5, 5.41) is 4.08. The van der Waals surface area contributed by atoms with E-state index in [1.807, 2.05) is 26.0 Å². The van der Waals surface area contributed by atoms with E-state index in [0.29, 0.717) is 31.6 Å². The van der Waals surface area contributed by atoms with Gasteiger partial charge in [0.25, 0.3) is 11.5 Å². The van der Waals surface area contributed by atoms with Crippen LogP contribution in [-0.4, -0.2) is 36.8 Å². The fourth-order valence-electron chi connectivity index (χ4n) is 3.42. The fourth-order valence-corrected chi connectivity index (χ4v) is 3.42. The van der Waals surface area contributed by atoms with Crippen LogP contribution in [0, 0.1) is 0 Å². The number of benzene rings is 1. The van der Waals surface area contributed by atoms with Gasteiger partial charge in [-0.2, -0.15) is 5.10 Å². The van der Waals surface area contributed by atoms with Crippen LogP contribution in [-0.2, 0) is 13.1 Å². The molecule has 3 N–H and O–H groups in total. The zero-order chi connectivity index (χ0) is 23.1. The number of aromatic amines is 1. The van der Waals surface area contributed by atoms with E-state index in [9.17, 15) is 14.4 Å². The number of hydrogen-bond acceptors (Lipinski definition) is 6. The highest BCUT2D eigenvalue weighted by atomic mass is 16.2. The molecule has 2 heterocycles. The van der Waals surface area contributed by atoms with Crippen LogP contribution in [0.4, 0.5) is 11.5 Å². The number of anilines is 2. The summed E-state index contributed by atoms with van der Waals surface area (Å²) in [6, 6.07) is 7.10. The van der Waals surface area contributed by atoms with Crippen molar-refractivity contribution >= 4 is 17.4 Å². The molecule has 0 aliphatic heterocycles. The molecule has 0 fully saturated rings. The van der Waals surface area contributed by atoms with Gasteiger partial charge in [0, 0.05) is 18.7 Å². The third-order valence-electron chi connectivity index (χ3n) is 5.21. The Hall–Kier alpha value is -3.69. The Morgan fingerprint density at radius 2 is 1.84 bits per heavy atom. The number of nitrogens with two attached hydrogens (primary N) is 1. The summed E-state index contributed by atoms with van der Waals surface area (Å²) in [5.41, 5.74) is 6.42. The van der Waals surface area contributed by atoms with Crippen molar-refractivity contribution in [3.8, 4) is 0 Å². The zero-order valence-corrected chi connectivity index (χ0v) is 18.5. The first-order valence-electron chi connectivity index (χ1n) is 10.8. The summed E-state index contributed by atoms with van der Waals surface area (Å²) >= 11 is 0. The van der Waals surface area contributed by atoms with Crippen molar-refractivity contribution < 1.29 is 4.79 Å². The topological polar surface area (TPSA) is 132 Å². The molecule has 0 bridgehead atoms. The molecule has 0 unspecified atom stereocenters. The van der Waals surface area contributed by atoms with Gasteiger partial charge in [-0.15, -0.1) is 0 Å². The predicted octanol–water partition coefficient (Wildman–Crippen LogP) is 2.01. The van der Waals surface area contributed by atoms with Crippen LogP contribution >= 0.6 is 0 Å². The van der Waals surface area contributed by atoms with Crippen LogP contribution in [0.15, 0.2) is 46.5 Å². The molecular weight excluding hydrogens is 410 g/mol. The number of nitrogens with one attached hydrogen (secondary N) is 1. The van der Waals surface area contributed by atoms with E-state index in [2.05, 4.69) is 15.1 Å². The molecule has 170 valence electrons. The average molecular weight is 440 g/mol. The van der Waals surface area contributed by atoms with Gasteiger partial charge in [-0.05, 0) is 30.5 Å². The second-order valence-corrected chi connectivity index (χ2v) is 7.60. The molecule has 3 aromatic rings. The second-order valence-electron chi connectivity index (χ2n) is 7.60. The van der Waals surface area contributed by atoms with Crippen molar-refractivity contribution in [2.24, 2.45) is 0 Å². The van der Waals surface area contributed by atoms with Gasteiger partial charge < -0.3 is 10.6 Å². The van der Waals surface area contributed by atoms with Crippen LogP contribution in [0.25, 0.3) is 0 Å². The Kier molecular flexibility index (Phi) is 7.58. The predicted molar refractivity (Wildman–Crippen MR) is 123 cm³/mol. The fraction of sp³-hybridized carbons (Fsp3) is 0.409. The molecule has 0 aliphatic carbocycles. The van der Waals surface area contributed by atoms with Gasteiger partial charge in [0.1, 0.15) is 18.5 Å². The average Bonchev–Trinajstić information content (AvgIpc) is 3.29. The van der Waals surface area contributed by atoms with Crippen molar-refractivity contribution in [1.29, 1.82) is 0 Å². The first-order chi connectivity index (χ1) is 15.5. The van der Waals surface area contributed by atoms with Gasteiger partial charge in [-0.3, -0.25) is 19.1 Å². The van der Waals surface area contributed by atoms with Gasteiger partial charge in [0.15, 0.2) is 5.69 Å². The number of nitrogen functional groups attached to an aromatic ring is 1. The molecule has 0 aliphatic rings. The summed E-state index contributed by atoms with van der Waals surface area (Å²) in [6.45, 7) is 5.21. The maximum Gasteiger partial charge on any atom is 0.330 e. The van der Waals surface area contributed by atoms with Crippen molar-refractivity contribution in [3.05, 3.63) is 68.9 Å². The number of nitrogens with zero attached hydrogens (tertiary/aromatic N) is 5. The Morgan fingerprint density at radius 1 is 1.12 bits per heavy atom. The summed E-state index contributed by atoms with van der Waals surface area (Å²) in [4.78, 5) is 46.0. The van der Waals surface area contributed by atoms with E-state index in [1.165, 1.54) is 15.8 Å². The molecule has 0 spiro atoms. The lowest BCUT2D eigenvalue weighted by molar-refractivity contribution is 0.0986. The lowest BCUT2D eigenvalue weighted by Gasteiger charge is -2.24. The van der Waals surface area contributed by atoms with Gasteiger partial charge in [0.2, 0.25) is 0 Å². The highest BCUT2D eigenvalue weighted by Gasteiger charge is 2.25. The maximum absolute atomic E-state index is 13.4. The summed E-state index contributed by atoms with van der Waals surface area (Å²) < 4.78 is 3.01. The minimum atomic E-state index is -0.660. The number of unbranched alkanes of at least 4 members (excludes halogenated alkanes) is 2. The van der Waals surface area contributed by atoms with E-state index in [-0.39, 0.29) is 17.4 Å². The second kappa shape index (κ2) is 10.6. The van der Waals surface area contributed by atoms with Crippen molar-refractivity contribution in [3.63, 3.8) is 0 Å². The van der Waals surface area contributed by atoms with E-state index in [4.69, 9.17) is 5.73 Å². The van der Waals surface area contributed by atoms with E-state index < -0.39 is 11.2 Å². The molecule has 1 aromatic carbocycles. The molecular formula is C22H29N7O3. The molecule has 2 aromatic heterocycles. The lowest BCUT2D eigenvalue weighted by atomic mass is 10.1. The van der Waals surface area contributed by atoms with Crippen LogP contribution < -0.4 is 21.9 Å². The van der Waals surface area contributed by atoms with Gasteiger partial charge >= 0.3 is 5.69 Å². The Balaban J connectivity index is 1.95. The van der Waals surface area contributed by atoms with Crippen LogP contribution in [0.3, 0.4) is 0 Å². The largest absolute Gasteiger partial charge is 0.383 e. The SMILES string of the molecule is CCCCN(C(=O)c1ccc(Cn2cncn2)cc1)c1c(N)n(CCCC)c(=O)[nH]c1=O. The summed E-state index contributed by atoms with van der Waals surface area (Å²) in [7, 11) is 0. The number of carbonyl (C=O) groups is 1. The minimum Gasteiger partial charge on any atom is -0.383 e. The van der Waals surface area contributed by atoms with Crippen molar-refractivity contribution in [2.45, 2.75) is 52.6 Å². The molecule has 10 heteroatoms. The number of amides is 1. The number of aromatic nitrogens is 5. The molecule has 0 saturated heterocycles. The minimum absolute atomic E-state index is 0.0134. The number of H-pyrrole nitrogens is 1. The Labute approximate surface area is 185 Å². The zero-order valence-electron chi connectivity index (χ0n) is 18.5. The Bertz CT molecular complexity index is 1150. The van der Waals surface area contributed by atoms with Gasteiger partial charge in [-0.1, -0.05) is 38.8 Å².